The second-order valence-corrected chi connectivity index (χ2v) is 4.80. The summed E-state index contributed by atoms with van der Waals surface area (Å²) in [5.41, 5.74) is 0.449. The van der Waals surface area contributed by atoms with Gasteiger partial charge in [0.25, 0.3) is 0 Å². The number of nitrogens with one attached hydrogen (secondary N) is 1. The van der Waals surface area contributed by atoms with Crippen molar-refractivity contribution in [1.82, 2.24) is 10.2 Å². The molecule has 0 spiro atoms. The van der Waals surface area contributed by atoms with Gasteiger partial charge in [0.1, 0.15) is 23.5 Å². The first-order valence-electron chi connectivity index (χ1n) is 6.09. The van der Waals surface area contributed by atoms with Crippen LogP contribution in [0.25, 0.3) is 0 Å². The molecule has 2 amide bonds. The number of imide groups is 1. The second kappa shape index (κ2) is 5.40. The summed E-state index contributed by atoms with van der Waals surface area (Å²) >= 11 is 0. The van der Waals surface area contributed by atoms with Gasteiger partial charge in [-0.25, -0.2) is 13.8 Å². The summed E-state index contributed by atoms with van der Waals surface area (Å²) in [6.07, 6.45) is 0.0177. The maximum atomic E-state index is 13.8. The van der Waals surface area contributed by atoms with Crippen molar-refractivity contribution in [3.63, 3.8) is 0 Å². The van der Waals surface area contributed by atoms with Gasteiger partial charge in [-0.1, -0.05) is 0 Å². The van der Waals surface area contributed by atoms with Crippen LogP contribution in [-0.4, -0.2) is 28.6 Å². The minimum Gasteiger partial charge on any atom is -0.343 e. The summed E-state index contributed by atoms with van der Waals surface area (Å²) < 4.78 is 27.0. The van der Waals surface area contributed by atoms with Crippen LogP contribution in [-0.2, 0) is 16.1 Å². The van der Waals surface area contributed by atoms with Crippen molar-refractivity contribution in [2.45, 2.75) is 25.9 Å². The summed E-state index contributed by atoms with van der Waals surface area (Å²) in [7, 11) is 0. The molecule has 1 saturated heterocycles. The highest BCUT2D eigenvalue weighted by Crippen LogP contribution is 2.31. The molecule has 1 aromatic carbocycles. The van der Waals surface area contributed by atoms with E-state index in [0.29, 0.717) is 5.84 Å². The van der Waals surface area contributed by atoms with Crippen molar-refractivity contribution in [1.29, 1.82) is 0 Å². The van der Waals surface area contributed by atoms with E-state index in [4.69, 9.17) is 0 Å². The number of rotatable bonds is 1. The molecule has 1 unspecified atom stereocenters. The number of benzene rings is 1. The van der Waals surface area contributed by atoms with Gasteiger partial charge in [0.2, 0.25) is 11.8 Å². The molecule has 3 rings (SSSR count). The fourth-order valence-corrected chi connectivity index (χ4v) is 2.50. The third kappa shape index (κ3) is 2.61. The summed E-state index contributed by atoms with van der Waals surface area (Å²) in [6.45, 7) is 1.73. The summed E-state index contributed by atoms with van der Waals surface area (Å²) in [4.78, 5) is 28.6. The number of fused-ring (bicyclic) bond motifs is 1. The van der Waals surface area contributed by atoms with E-state index in [0.717, 1.165) is 12.1 Å². The van der Waals surface area contributed by atoms with Crippen LogP contribution in [0.4, 0.5) is 14.5 Å². The van der Waals surface area contributed by atoms with Crippen molar-refractivity contribution < 1.29 is 18.4 Å². The Morgan fingerprint density at radius 2 is 2.05 bits per heavy atom. The molecule has 21 heavy (non-hydrogen) atoms. The zero-order valence-electron chi connectivity index (χ0n) is 11.0. The smallest absolute Gasteiger partial charge is 0.249 e. The summed E-state index contributed by atoms with van der Waals surface area (Å²) in [5.74, 6) is -1.72. The second-order valence-electron chi connectivity index (χ2n) is 4.80. The maximum absolute atomic E-state index is 13.8. The number of nitrogens with zero attached hydrogens (tertiary/aromatic N) is 2. The fraction of sp³-hybridized carbons (Fsp3) is 0.308. The van der Waals surface area contributed by atoms with Crippen LogP contribution in [0, 0.1) is 11.6 Å². The lowest BCUT2D eigenvalue weighted by Crippen LogP contribution is -2.44. The Labute approximate surface area is 125 Å². The first kappa shape index (κ1) is 15.4. The Morgan fingerprint density at radius 1 is 1.33 bits per heavy atom. The monoisotopic (exact) mass is 315 g/mol. The highest BCUT2D eigenvalue weighted by molar-refractivity contribution is 6.07. The molecule has 1 fully saturated rings. The first-order valence-corrected chi connectivity index (χ1v) is 6.09. The van der Waals surface area contributed by atoms with Gasteiger partial charge in [-0.3, -0.25) is 14.9 Å². The topological polar surface area (TPSA) is 61.8 Å². The minimum absolute atomic E-state index is 0. The largest absolute Gasteiger partial charge is 0.343 e. The van der Waals surface area contributed by atoms with Gasteiger partial charge < -0.3 is 4.90 Å². The molecule has 2 aliphatic rings. The molecule has 5 nitrogen and oxygen atoms in total. The molecule has 1 aromatic rings. The molecule has 0 bridgehead atoms. The van der Waals surface area contributed by atoms with Gasteiger partial charge >= 0.3 is 0 Å². The maximum Gasteiger partial charge on any atom is 0.249 e. The Kier molecular flexibility index (Phi) is 3.95. The first-order chi connectivity index (χ1) is 9.45. The number of amides is 2. The number of carbonyl (C=O) groups excluding carboxylic acids is 2. The SMILES string of the molecule is CC1=Nc2cc(F)cc(F)c2CN1C1CC(=O)NC1=O.Cl. The van der Waals surface area contributed by atoms with Gasteiger partial charge in [0.15, 0.2) is 0 Å². The number of hydrogen-bond acceptors (Lipinski definition) is 4. The van der Waals surface area contributed by atoms with Crippen molar-refractivity contribution in [3.8, 4) is 0 Å². The molecule has 2 heterocycles. The zero-order chi connectivity index (χ0) is 14.4. The van der Waals surface area contributed by atoms with E-state index in [-0.39, 0.29) is 42.5 Å². The number of amidine groups is 1. The zero-order valence-corrected chi connectivity index (χ0v) is 11.8. The molecule has 0 radical (unpaired) electrons. The van der Waals surface area contributed by atoms with Crippen LogP contribution >= 0.6 is 12.4 Å². The molecule has 0 aliphatic carbocycles. The highest BCUT2D eigenvalue weighted by atomic mass is 35.5. The summed E-state index contributed by atoms with van der Waals surface area (Å²) in [5, 5.41) is 2.20. The predicted molar refractivity (Wildman–Crippen MR) is 73.5 cm³/mol. The molecule has 0 aromatic heterocycles. The van der Waals surface area contributed by atoms with Gasteiger partial charge in [0.05, 0.1) is 12.1 Å². The van der Waals surface area contributed by atoms with E-state index in [2.05, 4.69) is 10.3 Å². The molecule has 2 aliphatic heterocycles. The van der Waals surface area contributed by atoms with Crippen LogP contribution in [0.5, 0.6) is 0 Å². The van der Waals surface area contributed by atoms with Gasteiger partial charge in [-0.05, 0) is 6.92 Å². The van der Waals surface area contributed by atoms with Gasteiger partial charge in [-0.15, -0.1) is 12.4 Å². The van der Waals surface area contributed by atoms with E-state index in [1.807, 2.05) is 0 Å². The van der Waals surface area contributed by atoms with Crippen LogP contribution < -0.4 is 5.32 Å². The van der Waals surface area contributed by atoms with E-state index in [9.17, 15) is 18.4 Å². The highest BCUT2D eigenvalue weighted by Gasteiger charge is 2.37. The number of aliphatic imine (C=N–C) groups is 1. The lowest BCUT2D eigenvalue weighted by Gasteiger charge is -2.32. The van der Waals surface area contributed by atoms with E-state index in [1.54, 1.807) is 11.8 Å². The van der Waals surface area contributed by atoms with E-state index in [1.165, 1.54) is 0 Å². The molecular formula is C13H12ClF2N3O2. The molecule has 0 saturated carbocycles. The average molecular weight is 316 g/mol. The Morgan fingerprint density at radius 3 is 2.67 bits per heavy atom. The fourth-order valence-electron chi connectivity index (χ4n) is 2.50. The lowest BCUT2D eigenvalue weighted by molar-refractivity contribution is -0.125. The summed E-state index contributed by atoms with van der Waals surface area (Å²) in [6, 6.07) is 1.25. The van der Waals surface area contributed by atoms with Gasteiger partial charge in [0, 0.05) is 24.2 Å². The normalized spacial score (nSPS) is 20.6. The standard InChI is InChI=1S/C13H11F2N3O2.ClH/c1-6-16-10-3-7(14)2-9(15)8(10)5-18(6)11-4-12(19)17-13(11)20;/h2-3,11H,4-5H2,1H3,(H,17,19,20);1H. The average Bonchev–Trinajstić information content (AvgIpc) is 2.67. The molecule has 1 N–H and O–H groups in total. The predicted octanol–water partition coefficient (Wildman–Crippen LogP) is 1.67. The molecule has 112 valence electrons. The molecule has 8 heteroatoms. The Balaban J connectivity index is 0.00000161. The van der Waals surface area contributed by atoms with Crippen LogP contribution in [0.1, 0.15) is 18.9 Å². The van der Waals surface area contributed by atoms with Crippen molar-refractivity contribution in [3.05, 3.63) is 29.3 Å². The van der Waals surface area contributed by atoms with E-state index < -0.39 is 23.6 Å². The molecular weight excluding hydrogens is 304 g/mol. The quantitative estimate of drug-likeness (QED) is 0.802. The van der Waals surface area contributed by atoms with E-state index >= 15 is 0 Å². The molecule has 1 atom stereocenters. The lowest BCUT2D eigenvalue weighted by atomic mass is 10.1. The third-order valence-corrected chi connectivity index (χ3v) is 3.48. The van der Waals surface area contributed by atoms with Crippen molar-refractivity contribution in [2.24, 2.45) is 4.99 Å². The Hall–Kier alpha value is -2.02. The van der Waals surface area contributed by atoms with Gasteiger partial charge in [-0.2, -0.15) is 0 Å². The number of hydrogen-bond donors (Lipinski definition) is 1. The van der Waals surface area contributed by atoms with Crippen LogP contribution in [0.15, 0.2) is 17.1 Å². The van der Waals surface area contributed by atoms with Crippen molar-refractivity contribution in [2.75, 3.05) is 0 Å². The third-order valence-electron chi connectivity index (χ3n) is 3.48. The number of carbonyl (C=O) groups is 2. The number of halogens is 3. The van der Waals surface area contributed by atoms with Crippen LogP contribution in [0.3, 0.4) is 0 Å². The Bertz CT molecular complexity index is 663. The minimum atomic E-state index is -0.703. The van der Waals surface area contributed by atoms with Crippen LogP contribution in [0.2, 0.25) is 0 Å². The van der Waals surface area contributed by atoms with Crippen molar-refractivity contribution >= 4 is 35.7 Å².